The van der Waals surface area contributed by atoms with Gasteiger partial charge in [0.2, 0.25) is 10.0 Å². The molecular weight excluding hydrogens is 328 g/mol. The van der Waals surface area contributed by atoms with Crippen LogP contribution in [0.25, 0.3) is 10.4 Å². The van der Waals surface area contributed by atoms with Crippen LogP contribution in [0.2, 0.25) is 0 Å². The monoisotopic (exact) mass is 346 g/mol. The lowest BCUT2D eigenvalue weighted by Crippen LogP contribution is -2.36. The van der Waals surface area contributed by atoms with Gasteiger partial charge in [0.1, 0.15) is 5.75 Å². The van der Waals surface area contributed by atoms with E-state index in [1.807, 2.05) is 6.07 Å². The molecule has 0 amide bonds. The second kappa shape index (κ2) is 7.83. The van der Waals surface area contributed by atoms with E-state index < -0.39 is 22.1 Å². The fourth-order valence-corrected chi connectivity index (χ4v) is 3.54. The van der Waals surface area contributed by atoms with Gasteiger partial charge in [-0.25, -0.2) is 13.1 Å². The molecule has 1 N–H and O–H groups in total. The number of rotatable bonds is 7. The largest absolute Gasteiger partial charge is 0.497 e. The van der Waals surface area contributed by atoms with Crippen LogP contribution in [0.1, 0.15) is 18.5 Å². The van der Waals surface area contributed by atoms with Crippen molar-refractivity contribution in [3.8, 4) is 5.75 Å². The van der Waals surface area contributed by atoms with Gasteiger partial charge in [-0.3, -0.25) is 0 Å². The van der Waals surface area contributed by atoms with Crippen LogP contribution in [0.3, 0.4) is 0 Å². The first-order valence-corrected chi connectivity index (χ1v) is 8.72. The van der Waals surface area contributed by atoms with Gasteiger partial charge in [0.05, 0.1) is 18.0 Å². The highest BCUT2D eigenvalue weighted by Gasteiger charge is 2.24. The Hall–Kier alpha value is -2.54. The van der Waals surface area contributed by atoms with Crippen LogP contribution in [0.4, 0.5) is 0 Å². The number of hydrogen-bond donors (Lipinski definition) is 1. The number of sulfonamides is 1. The average molecular weight is 346 g/mol. The lowest BCUT2D eigenvalue weighted by Gasteiger charge is -2.21. The third-order valence-electron chi connectivity index (χ3n) is 3.50. The first kappa shape index (κ1) is 17.8. The van der Waals surface area contributed by atoms with E-state index in [-0.39, 0.29) is 4.90 Å². The van der Waals surface area contributed by atoms with Crippen LogP contribution < -0.4 is 9.46 Å². The first-order valence-electron chi connectivity index (χ1n) is 7.23. The molecular formula is C16H18N4O3S. The molecule has 0 aliphatic rings. The van der Waals surface area contributed by atoms with Crippen molar-refractivity contribution in [1.82, 2.24) is 4.72 Å². The molecule has 2 atom stereocenters. The Morgan fingerprint density at radius 1 is 1.12 bits per heavy atom. The highest BCUT2D eigenvalue weighted by atomic mass is 32.2. The minimum Gasteiger partial charge on any atom is -0.497 e. The summed E-state index contributed by atoms with van der Waals surface area (Å²) in [5.74, 6) is 0.568. The van der Waals surface area contributed by atoms with Crippen LogP contribution in [0, 0.1) is 0 Å². The fraction of sp³-hybridized carbons (Fsp3) is 0.250. The highest BCUT2D eigenvalue weighted by molar-refractivity contribution is 7.89. The fourth-order valence-electron chi connectivity index (χ4n) is 2.29. The van der Waals surface area contributed by atoms with E-state index in [0.717, 1.165) is 5.56 Å². The van der Waals surface area contributed by atoms with Crippen molar-refractivity contribution in [3.05, 3.63) is 70.6 Å². The molecule has 0 aromatic heterocycles. The molecule has 0 aliphatic carbocycles. The predicted molar refractivity (Wildman–Crippen MR) is 91.1 cm³/mol. The SMILES string of the molecule is COc1ccc(S(=O)(=O)N[C@H](C)[C@@H](N=[N+]=[N-])c2ccccc2)cc1. The summed E-state index contributed by atoms with van der Waals surface area (Å²) in [4.78, 5) is 2.95. The van der Waals surface area contributed by atoms with Gasteiger partial charge in [-0.15, -0.1) is 0 Å². The minimum absolute atomic E-state index is 0.114. The quantitative estimate of drug-likeness (QED) is 0.472. The Morgan fingerprint density at radius 3 is 2.29 bits per heavy atom. The lowest BCUT2D eigenvalue weighted by molar-refractivity contribution is 0.414. The predicted octanol–water partition coefficient (Wildman–Crippen LogP) is 3.41. The van der Waals surface area contributed by atoms with E-state index in [4.69, 9.17) is 10.3 Å². The van der Waals surface area contributed by atoms with Crippen molar-refractivity contribution in [1.29, 1.82) is 0 Å². The molecule has 2 aromatic rings. The molecule has 2 rings (SSSR count). The standard InChI is InChI=1S/C16H18N4O3S/c1-12(16(18-20-17)13-6-4-3-5-7-13)19-24(21,22)15-10-8-14(23-2)9-11-15/h3-12,16,19H,1-2H3/t12-,16-/m1/s1. The lowest BCUT2D eigenvalue weighted by atomic mass is 10.0. The second-order valence-electron chi connectivity index (χ2n) is 5.15. The van der Waals surface area contributed by atoms with Gasteiger partial charge < -0.3 is 4.74 Å². The molecule has 0 radical (unpaired) electrons. The van der Waals surface area contributed by atoms with Gasteiger partial charge in [-0.1, -0.05) is 35.4 Å². The van der Waals surface area contributed by atoms with Crippen molar-refractivity contribution < 1.29 is 13.2 Å². The normalized spacial score (nSPS) is 13.6. The summed E-state index contributed by atoms with van der Waals surface area (Å²) in [6, 6.07) is 13.8. The molecule has 0 heterocycles. The second-order valence-corrected chi connectivity index (χ2v) is 6.86. The van der Waals surface area contributed by atoms with Crippen molar-refractivity contribution in [2.75, 3.05) is 7.11 Å². The van der Waals surface area contributed by atoms with Gasteiger partial charge in [0.25, 0.3) is 0 Å². The van der Waals surface area contributed by atoms with Gasteiger partial charge in [0, 0.05) is 11.0 Å². The molecule has 0 aliphatic heterocycles. The van der Waals surface area contributed by atoms with Crippen LogP contribution in [-0.2, 0) is 10.0 Å². The van der Waals surface area contributed by atoms with E-state index in [1.54, 1.807) is 43.3 Å². The maximum atomic E-state index is 12.5. The van der Waals surface area contributed by atoms with Crippen molar-refractivity contribution >= 4 is 10.0 Å². The Bertz CT molecular complexity index is 816. The van der Waals surface area contributed by atoms with Crippen LogP contribution >= 0.6 is 0 Å². The molecule has 0 saturated heterocycles. The summed E-state index contributed by atoms with van der Waals surface area (Å²) < 4.78 is 32.6. The summed E-state index contributed by atoms with van der Waals surface area (Å²) in [5.41, 5.74) is 9.52. The molecule has 8 heteroatoms. The summed E-state index contributed by atoms with van der Waals surface area (Å²) >= 11 is 0. The Kier molecular flexibility index (Phi) is 5.81. The summed E-state index contributed by atoms with van der Waals surface area (Å²) in [6.07, 6.45) is 0. The van der Waals surface area contributed by atoms with Gasteiger partial charge in [-0.2, -0.15) is 0 Å². The third-order valence-corrected chi connectivity index (χ3v) is 5.08. The van der Waals surface area contributed by atoms with E-state index in [9.17, 15) is 8.42 Å². The zero-order valence-electron chi connectivity index (χ0n) is 13.3. The van der Waals surface area contributed by atoms with Gasteiger partial charge in [-0.05, 0) is 42.3 Å². The summed E-state index contributed by atoms with van der Waals surface area (Å²) in [6.45, 7) is 1.66. The Morgan fingerprint density at radius 2 is 1.75 bits per heavy atom. The molecule has 24 heavy (non-hydrogen) atoms. The number of benzene rings is 2. The summed E-state index contributed by atoms with van der Waals surface area (Å²) in [7, 11) is -2.24. The number of nitrogens with one attached hydrogen (secondary N) is 1. The summed E-state index contributed by atoms with van der Waals surface area (Å²) in [5, 5.41) is 3.73. The van der Waals surface area contributed by atoms with E-state index in [1.165, 1.54) is 19.2 Å². The Balaban J connectivity index is 2.24. The van der Waals surface area contributed by atoms with Gasteiger partial charge >= 0.3 is 0 Å². The number of nitrogens with zero attached hydrogens (tertiary/aromatic N) is 3. The molecule has 2 aromatic carbocycles. The molecule has 0 fully saturated rings. The maximum Gasteiger partial charge on any atom is 0.240 e. The molecule has 0 unspecified atom stereocenters. The van der Waals surface area contributed by atoms with E-state index in [2.05, 4.69) is 14.7 Å². The minimum atomic E-state index is -3.74. The zero-order chi connectivity index (χ0) is 17.6. The molecule has 7 nitrogen and oxygen atoms in total. The van der Waals surface area contributed by atoms with Gasteiger partial charge in [0.15, 0.2) is 0 Å². The Labute approximate surface area is 141 Å². The van der Waals surface area contributed by atoms with Crippen LogP contribution in [0.5, 0.6) is 5.75 Å². The highest BCUT2D eigenvalue weighted by Crippen LogP contribution is 2.23. The molecule has 0 bridgehead atoms. The average Bonchev–Trinajstić information content (AvgIpc) is 2.60. The number of azide groups is 1. The number of hydrogen-bond acceptors (Lipinski definition) is 4. The van der Waals surface area contributed by atoms with E-state index in [0.29, 0.717) is 5.75 Å². The topological polar surface area (TPSA) is 104 Å². The van der Waals surface area contributed by atoms with E-state index >= 15 is 0 Å². The van der Waals surface area contributed by atoms with Crippen LogP contribution in [0.15, 0.2) is 64.6 Å². The van der Waals surface area contributed by atoms with Crippen molar-refractivity contribution in [2.24, 2.45) is 5.11 Å². The van der Waals surface area contributed by atoms with Crippen molar-refractivity contribution in [2.45, 2.75) is 23.9 Å². The maximum absolute atomic E-state index is 12.5. The molecule has 126 valence electrons. The zero-order valence-corrected chi connectivity index (χ0v) is 14.1. The van der Waals surface area contributed by atoms with Crippen LogP contribution in [-0.4, -0.2) is 21.6 Å². The number of methoxy groups -OCH3 is 1. The first-order chi connectivity index (χ1) is 11.5. The molecule has 0 saturated carbocycles. The van der Waals surface area contributed by atoms with Crippen molar-refractivity contribution in [3.63, 3.8) is 0 Å². The third kappa shape index (κ3) is 4.26. The smallest absolute Gasteiger partial charge is 0.240 e. The molecule has 0 spiro atoms. The number of ether oxygens (including phenoxy) is 1.